The van der Waals surface area contributed by atoms with Gasteiger partial charge in [0.15, 0.2) is 0 Å². The Bertz CT molecular complexity index is 432. The predicted octanol–water partition coefficient (Wildman–Crippen LogP) is 3.42. The summed E-state index contributed by atoms with van der Waals surface area (Å²) in [6.45, 7) is 7.33. The number of halogens is 3. The van der Waals surface area contributed by atoms with Gasteiger partial charge in [0.1, 0.15) is 24.5 Å². The Labute approximate surface area is 117 Å². The lowest BCUT2D eigenvalue weighted by atomic mass is 10.0. The van der Waals surface area contributed by atoms with Gasteiger partial charge in [0, 0.05) is 18.7 Å². The van der Waals surface area contributed by atoms with Crippen LogP contribution in [0.4, 0.5) is 24.8 Å². The van der Waals surface area contributed by atoms with Gasteiger partial charge in [-0.1, -0.05) is 13.8 Å². The van der Waals surface area contributed by atoms with Gasteiger partial charge in [-0.25, -0.2) is 9.97 Å². The van der Waals surface area contributed by atoms with Crippen LogP contribution in [0.5, 0.6) is 0 Å². The van der Waals surface area contributed by atoms with E-state index >= 15 is 0 Å². The highest BCUT2D eigenvalue weighted by atomic mass is 19.4. The predicted molar refractivity (Wildman–Crippen MR) is 74.2 cm³/mol. The normalized spacial score (nSPS) is 11.8. The summed E-state index contributed by atoms with van der Waals surface area (Å²) in [5.74, 6) is 0.987. The van der Waals surface area contributed by atoms with Gasteiger partial charge in [-0.3, -0.25) is 0 Å². The first-order valence-corrected chi connectivity index (χ1v) is 6.70. The number of aromatic nitrogens is 2. The average Bonchev–Trinajstić information content (AvgIpc) is 2.34. The average molecular weight is 290 g/mol. The van der Waals surface area contributed by atoms with E-state index in [2.05, 4.69) is 15.3 Å². The number of hydrogen-bond acceptors (Lipinski definition) is 4. The summed E-state index contributed by atoms with van der Waals surface area (Å²) in [5, 5.41) is 3.08. The van der Waals surface area contributed by atoms with E-state index in [9.17, 15) is 13.2 Å². The van der Waals surface area contributed by atoms with E-state index < -0.39 is 12.7 Å². The smallest absolute Gasteiger partial charge is 0.370 e. The van der Waals surface area contributed by atoms with Crippen molar-refractivity contribution in [2.24, 2.45) is 0 Å². The maximum absolute atomic E-state index is 12.7. The van der Waals surface area contributed by atoms with Crippen LogP contribution >= 0.6 is 0 Å². The zero-order valence-electron chi connectivity index (χ0n) is 12.3. The molecular formula is C13H21F3N4. The fraction of sp³-hybridized carbons (Fsp3) is 0.692. The van der Waals surface area contributed by atoms with Gasteiger partial charge in [0.05, 0.1) is 0 Å². The van der Waals surface area contributed by atoms with E-state index in [4.69, 9.17) is 0 Å². The zero-order valence-corrected chi connectivity index (χ0v) is 12.3. The van der Waals surface area contributed by atoms with Crippen molar-refractivity contribution in [2.45, 2.75) is 39.8 Å². The Morgan fingerprint density at radius 3 is 2.35 bits per heavy atom. The van der Waals surface area contributed by atoms with Crippen molar-refractivity contribution in [3.05, 3.63) is 11.9 Å². The molecule has 0 aromatic carbocycles. The van der Waals surface area contributed by atoms with Gasteiger partial charge in [-0.2, -0.15) is 13.2 Å². The Morgan fingerprint density at radius 2 is 1.90 bits per heavy atom. The fourth-order valence-electron chi connectivity index (χ4n) is 2.03. The molecule has 0 fully saturated rings. The van der Waals surface area contributed by atoms with Crippen LogP contribution in [0.2, 0.25) is 0 Å². The molecule has 20 heavy (non-hydrogen) atoms. The summed E-state index contributed by atoms with van der Waals surface area (Å²) >= 11 is 0. The molecule has 0 unspecified atom stereocenters. The van der Waals surface area contributed by atoms with Crippen LogP contribution in [-0.4, -0.2) is 35.8 Å². The van der Waals surface area contributed by atoms with Crippen LogP contribution in [0, 0.1) is 0 Å². The molecule has 0 amide bonds. The van der Waals surface area contributed by atoms with Crippen LogP contribution in [0.1, 0.15) is 39.2 Å². The number of nitrogens with zero attached hydrogens (tertiary/aromatic N) is 3. The first-order chi connectivity index (χ1) is 9.30. The molecule has 1 aromatic rings. The van der Waals surface area contributed by atoms with Gasteiger partial charge in [-0.05, 0) is 19.8 Å². The monoisotopic (exact) mass is 290 g/mol. The van der Waals surface area contributed by atoms with Gasteiger partial charge < -0.3 is 10.2 Å². The molecule has 1 heterocycles. The van der Waals surface area contributed by atoms with E-state index in [1.807, 2.05) is 20.8 Å². The van der Waals surface area contributed by atoms with Crippen LogP contribution in [0.15, 0.2) is 6.33 Å². The largest absolute Gasteiger partial charge is 0.405 e. The number of rotatable bonds is 6. The molecule has 0 aliphatic heterocycles. The second kappa shape index (κ2) is 6.76. The lowest BCUT2D eigenvalue weighted by Gasteiger charge is -2.27. The second-order valence-corrected chi connectivity index (χ2v) is 4.77. The maximum Gasteiger partial charge on any atom is 0.405 e. The first-order valence-electron chi connectivity index (χ1n) is 6.70. The lowest BCUT2D eigenvalue weighted by Crippen LogP contribution is -2.35. The van der Waals surface area contributed by atoms with E-state index in [1.165, 1.54) is 11.2 Å². The topological polar surface area (TPSA) is 41.1 Å². The van der Waals surface area contributed by atoms with Gasteiger partial charge >= 0.3 is 6.18 Å². The van der Waals surface area contributed by atoms with Gasteiger partial charge in [0.25, 0.3) is 0 Å². The first kappa shape index (κ1) is 16.5. The minimum Gasteiger partial charge on any atom is -0.370 e. The summed E-state index contributed by atoms with van der Waals surface area (Å²) in [6, 6.07) is 0. The van der Waals surface area contributed by atoms with Gasteiger partial charge in [0.2, 0.25) is 0 Å². The highest BCUT2D eigenvalue weighted by Gasteiger charge is 2.32. The highest BCUT2D eigenvalue weighted by Crippen LogP contribution is 2.32. The summed E-state index contributed by atoms with van der Waals surface area (Å²) in [6.07, 6.45) is -2.95. The molecule has 114 valence electrons. The van der Waals surface area contributed by atoms with E-state index in [0.29, 0.717) is 18.2 Å². The standard InChI is InChI=1S/C13H21F3N4/c1-5-17-11-10(9(3)4)12(19-8-18-11)20(6-2)7-13(14,15)16/h8-9H,5-7H2,1-4H3,(H,17,18,19). The number of nitrogens with one attached hydrogen (secondary N) is 1. The summed E-state index contributed by atoms with van der Waals surface area (Å²) < 4.78 is 38.0. The molecule has 4 nitrogen and oxygen atoms in total. The van der Waals surface area contributed by atoms with Crippen LogP contribution in [0.25, 0.3) is 0 Å². The van der Waals surface area contributed by atoms with E-state index in [0.717, 1.165) is 5.56 Å². The third-order valence-electron chi connectivity index (χ3n) is 2.84. The number of alkyl halides is 3. The van der Waals surface area contributed by atoms with Crippen molar-refractivity contribution >= 4 is 11.6 Å². The van der Waals surface area contributed by atoms with Crippen LogP contribution < -0.4 is 10.2 Å². The van der Waals surface area contributed by atoms with Crippen molar-refractivity contribution in [1.29, 1.82) is 0 Å². The molecule has 0 radical (unpaired) electrons. The van der Waals surface area contributed by atoms with E-state index in [-0.39, 0.29) is 12.5 Å². The molecule has 0 atom stereocenters. The Hall–Kier alpha value is -1.53. The Morgan fingerprint density at radius 1 is 1.25 bits per heavy atom. The SMILES string of the molecule is CCNc1ncnc(N(CC)CC(F)(F)F)c1C(C)C. The summed E-state index contributed by atoms with van der Waals surface area (Å²) in [7, 11) is 0. The summed E-state index contributed by atoms with van der Waals surface area (Å²) in [4.78, 5) is 9.44. The molecule has 7 heteroatoms. The molecule has 0 aliphatic carbocycles. The van der Waals surface area contributed by atoms with Crippen molar-refractivity contribution in [3.63, 3.8) is 0 Å². The molecule has 1 N–H and O–H groups in total. The number of anilines is 2. The molecule has 0 aliphatic rings. The molecule has 1 rings (SSSR count). The summed E-state index contributed by atoms with van der Waals surface area (Å²) in [5.41, 5.74) is 0.723. The third kappa shape index (κ3) is 4.25. The quantitative estimate of drug-likeness (QED) is 0.871. The second-order valence-electron chi connectivity index (χ2n) is 4.77. The Balaban J connectivity index is 3.23. The zero-order chi connectivity index (χ0) is 15.3. The third-order valence-corrected chi connectivity index (χ3v) is 2.84. The molecule has 0 bridgehead atoms. The van der Waals surface area contributed by atoms with Gasteiger partial charge in [-0.15, -0.1) is 0 Å². The van der Waals surface area contributed by atoms with Crippen molar-refractivity contribution in [1.82, 2.24) is 9.97 Å². The fourth-order valence-corrected chi connectivity index (χ4v) is 2.03. The lowest BCUT2D eigenvalue weighted by molar-refractivity contribution is -0.119. The Kier molecular flexibility index (Phi) is 5.59. The molecule has 0 saturated carbocycles. The van der Waals surface area contributed by atoms with Crippen molar-refractivity contribution < 1.29 is 13.2 Å². The molecule has 0 spiro atoms. The highest BCUT2D eigenvalue weighted by molar-refractivity contribution is 5.60. The molecular weight excluding hydrogens is 269 g/mol. The molecule has 0 saturated heterocycles. The minimum atomic E-state index is -4.26. The van der Waals surface area contributed by atoms with E-state index in [1.54, 1.807) is 6.92 Å². The van der Waals surface area contributed by atoms with Crippen molar-refractivity contribution in [2.75, 3.05) is 29.9 Å². The van der Waals surface area contributed by atoms with Crippen molar-refractivity contribution in [3.8, 4) is 0 Å². The van der Waals surface area contributed by atoms with Crippen LogP contribution in [0.3, 0.4) is 0 Å². The number of hydrogen-bond donors (Lipinski definition) is 1. The minimum absolute atomic E-state index is 0.0301. The maximum atomic E-state index is 12.7. The van der Waals surface area contributed by atoms with Crippen LogP contribution in [-0.2, 0) is 0 Å². The molecule has 1 aromatic heterocycles.